The van der Waals surface area contributed by atoms with Crippen molar-refractivity contribution in [2.75, 3.05) is 0 Å². The van der Waals surface area contributed by atoms with Crippen LogP contribution in [0.25, 0.3) is 5.76 Å². The Morgan fingerprint density at radius 2 is 1.77 bits per heavy atom. The van der Waals surface area contributed by atoms with Crippen LogP contribution in [0, 0.1) is 6.92 Å². The number of allylic oxidation sites excluding steroid dienone is 1. The number of benzene rings is 2. The molecule has 2 N–H and O–H groups in total. The number of carbonyl (C=O) groups is 3. The van der Waals surface area contributed by atoms with Crippen molar-refractivity contribution >= 4 is 23.1 Å². The maximum absolute atomic E-state index is 13.1. The first-order valence-corrected chi connectivity index (χ1v) is 9.54. The lowest BCUT2D eigenvalue weighted by molar-refractivity contribution is -0.126. The van der Waals surface area contributed by atoms with Crippen LogP contribution in [0.3, 0.4) is 0 Å². The largest absolute Gasteiger partial charge is 0.507 e. The predicted octanol–water partition coefficient (Wildman–Crippen LogP) is 3.85. The van der Waals surface area contributed by atoms with Gasteiger partial charge in [0.15, 0.2) is 11.4 Å². The Bertz CT molecular complexity index is 1200. The molecule has 0 aromatic heterocycles. The van der Waals surface area contributed by atoms with Gasteiger partial charge in [-0.3, -0.25) is 14.4 Å². The van der Waals surface area contributed by atoms with Crippen LogP contribution in [0.1, 0.15) is 63.2 Å². The minimum absolute atomic E-state index is 0.0541. The Labute approximate surface area is 173 Å². The Morgan fingerprint density at radius 3 is 2.47 bits per heavy atom. The Hall–Kier alpha value is -3.67. The molecular formula is C24H20O6. The monoisotopic (exact) mass is 404 g/mol. The Balaban J connectivity index is 1.87. The highest BCUT2D eigenvalue weighted by Gasteiger charge is 2.42. The highest BCUT2D eigenvalue weighted by Crippen LogP contribution is 2.44. The van der Waals surface area contributed by atoms with Gasteiger partial charge in [-0.05, 0) is 38.5 Å². The van der Waals surface area contributed by atoms with Crippen molar-refractivity contribution in [3.05, 3.63) is 75.9 Å². The topological polar surface area (TPSA) is 101 Å². The van der Waals surface area contributed by atoms with Gasteiger partial charge in [0, 0.05) is 23.6 Å². The van der Waals surface area contributed by atoms with Crippen molar-refractivity contribution in [1.82, 2.24) is 0 Å². The molecule has 1 aliphatic carbocycles. The fourth-order valence-electron chi connectivity index (χ4n) is 3.96. The highest BCUT2D eigenvalue weighted by molar-refractivity contribution is 6.30. The molecule has 0 saturated heterocycles. The van der Waals surface area contributed by atoms with Crippen molar-refractivity contribution in [1.29, 1.82) is 0 Å². The fraction of sp³-hybridized carbons (Fsp3) is 0.208. The number of rotatable bonds is 3. The van der Waals surface area contributed by atoms with E-state index in [-0.39, 0.29) is 45.1 Å². The zero-order valence-electron chi connectivity index (χ0n) is 16.8. The van der Waals surface area contributed by atoms with Gasteiger partial charge in [-0.2, -0.15) is 0 Å². The first-order chi connectivity index (χ1) is 14.2. The highest BCUT2D eigenvalue weighted by atomic mass is 16.5. The molecular weight excluding hydrogens is 384 g/mol. The van der Waals surface area contributed by atoms with Crippen LogP contribution in [0.4, 0.5) is 0 Å². The number of phenols is 2. The third-order valence-corrected chi connectivity index (χ3v) is 5.59. The van der Waals surface area contributed by atoms with Gasteiger partial charge in [-0.25, -0.2) is 0 Å². The molecule has 0 spiro atoms. The zero-order valence-corrected chi connectivity index (χ0v) is 16.8. The Kier molecular flexibility index (Phi) is 4.38. The van der Waals surface area contributed by atoms with Gasteiger partial charge in [-0.1, -0.05) is 24.3 Å². The third-order valence-electron chi connectivity index (χ3n) is 5.59. The summed E-state index contributed by atoms with van der Waals surface area (Å²) in [7, 11) is 0. The molecule has 0 radical (unpaired) electrons. The molecule has 1 heterocycles. The molecule has 0 bridgehead atoms. The number of hydrogen-bond acceptors (Lipinski definition) is 6. The molecule has 1 aliphatic heterocycles. The second kappa shape index (κ2) is 6.69. The first kappa shape index (κ1) is 19.6. The average Bonchev–Trinajstić information content (AvgIpc) is 2.98. The van der Waals surface area contributed by atoms with Crippen LogP contribution < -0.4 is 0 Å². The van der Waals surface area contributed by atoms with E-state index in [1.165, 1.54) is 30.3 Å². The average molecular weight is 404 g/mol. The minimum atomic E-state index is -1.11. The van der Waals surface area contributed by atoms with Crippen LogP contribution in [-0.2, 0) is 9.53 Å². The third kappa shape index (κ3) is 2.68. The molecule has 2 aromatic carbocycles. The van der Waals surface area contributed by atoms with Gasteiger partial charge in [0.05, 0.1) is 16.7 Å². The molecule has 6 heteroatoms. The lowest BCUT2D eigenvalue weighted by Gasteiger charge is -2.25. The number of aryl methyl sites for hydroxylation is 1. The summed E-state index contributed by atoms with van der Waals surface area (Å²) in [4.78, 5) is 38.6. The molecule has 2 aliphatic rings. The van der Waals surface area contributed by atoms with E-state index in [1.807, 2.05) is 19.1 Å². The Morgan fingerprint density at radius 1 is 1.03 bits per heavy atom. The van der Waals surface area contributed by atoms with E-state index in [1.54, 1.807) is 13.8 Å². The number of ether oxygens (including phenoxy) is 1. The van der Waals surface area contributed by atoms with E-state index in [0.717, 1.165) is 0 Å². The van der Waals surface area contributed by atoms with Crippen LogP contribution in [0.2, 0.25) is 0 Å². The second-order valence-electron chi connectivity index (χ2n) is 7.68. The predicted molar refractivity (Wildman–Crippen MR) is 110 cm³/mol. The molecule has 152 valence electrons. The lowest BCUT2D eigenvalue weighted by atomic mass is 9.81. The zero-order chi connectivity index (χ0) is 21.8. The van der Waals surface area contributed by atoms with Crippen LogP contribution in [-0.4, -0.2) is 33.2 Å². The molecule has 0 amide bonds. The normalized spacial score (nSPS) is 20.2. The fourth-order valence-corrected chi connectivity index (χ4v) is 3.96. The lowest BCUT2D eigenvalue weighted by Crippen LogP contribution is -2.31. The van der Waals surface area contributed by atoms with Crippen molar-refractivity contribution in [2.24, 2.45) is 0 Å². The second-order valence-corrected chi connectivity index (χ2v) is 7.68. The maximum Gasteiger partial charge on any atom is 0.202 e. The van der Waals surface area contributed by atoms with Gasteiger partial charge >= 0.3 is 0 Å². The number of phenolic OH excluding ortho intramolecular Hbond substituents is 2. The summed E-state index contributed by atoms with van der Waals surface area (Å²) in [5.74, 6) is -1.99. The molecule has 4 rings (SSSR count). The summed E-state index contributed by atoms with van der Waals surface area (Å²) in [6.07, 6.45) is 5.29. The van der Waals surface area contributed by atoms with E-state index < -0.39 is 22.9 Å². The summed E-state index contributed by atoms with van der Waals surface area (Å²) in [5.41, 5.74) is -0.634. The van der Waals surface area contributed by atoms with Gasteiger partial charge in [0.1, 0.15) is 17.3 Å². The van der Waals surface area contributed by atoms with Crippen molar-refractivity contribution < 1.29 is 29.3 Å². The summed E-state index contributed by atoms with van der Waals surface area (Å²) in [6.45, 7) is 5.17. The standard InChI is InChI=1S/C24H20O6/c1-4-5-9-24(3)17(26)11-16(30-24)18-12(2)10-14-20(22(18)28)23(29)19-13(21(14)27)7-6-8-15(19)25/h4-8,10-11,25,28H,9H2,1-3H3. The summed E-state index contributed by atoms with van der Waals surface area (Å²) >= 11 is 0. The molecule has 0 saturated carbocycles. The molecule has 6 nitrogen and oxygen atoms in total. The molecule has 1 atom stereocenters. The number of carbonyl (C=O) groups excluding carboxylic acids is 3. The van der Waals surface area contributed by atoms with Crippen molar-refractivity contribution in [3.8, 4) is 11.5 Å². The molecule has 0 fully saturated rings. The molecule has 30 heavy (non-hydrogen) atoms. The van der Waals surface area contributed by atoms with Gasteiger partial charge in [0.25, 0.3) is 0 Å². The molecule has 1 unspecified atom stereocenters. The van der Waals surface area contributed by atoms with E-state index in [9.17, 15) is 24.6 Å². The van der Waals surface area contributed by atoms with Gasteiger partial charge in [-0.15, -0.1) is 0 Å². The van der Waals surface area contributed by atoms with Crippen molar-refractivity contribution in [3.63, 3.8) is 0 Å². The summed E-state index contributed by atoms with van der Waals surface area (Å²) in [5, 5.41) is 21.2. The van der Waals surface area contributed by atoms with Crippen molar-refractivity contribution in [2.45, 2.75) is 32.8 Å². The summed E-state index contributed by atoms with van der Waals surface area (Å²) < 4.78 is 5.91. The van der Waals surface area contributed by atoms with Gasteiger partial charge < -0.3 is 14.9 Å². The number of aromatic hydroxyl groups is 2. The van der Waals surface area contributed by atoms with E-state index in [2.05, 4.69) is 0 Å². The summed E-state index contributed by atoms with van der Waals surface area (Å²) in [6, 6.07) is 5.77. The number of ketones is 3. The van der Waals surface area contributed by atoms with Gasteiger partial charge in [0.2, 0.25) is 11.6 Å². The minimum Gasteiger partial charge on any atom is -0.507 e. The first-order valence-electron chi connectivity index (χ1n) is 9.54. The van der Waals surface area contributed by atoms with E-state index in [0.29, 0.717) is 12.0 Å². The quantitative estimate of drug-likeness (QED) is 0.643. The number of hydrogen-bond donors (Lipinski definition) is 2. The maximum atomic E-state index is 13.1. The SMILES string of the molecule is CC=CCC1(C)OC(c2c(C)cc3c(c2O)C(=O)c2c(O)cccc2C3=O)=CC1=O. The van der Waals surface area contributed by atoms with Crippen LogP contribution in [0.5, 0.6) is 11.5 Å². The smallest absolute Gasteiger partial charge is 0.202 e. The molecule has 2 aromatic rings. The van der Waals surface area contributed by atoms with Crippen LogP contribution >= 0.6 is 0 Å². The van der Waals surface area contributed by atoms with Crippen LogP contribution in [0.15, 0.2) is 42.5 Å². The van der Waals surface area contributed by atoms with E-state index >= 15 is 0 Å². The van der Waals surface area contributed by atoms with E-state index in [4.69, 9.17) is 4.74 Å². The number of fused-ring (bicyclic) bond motifs is 2.